The molecule has 4 rings (SSSR count). The van der Waals surface area contributed by atoms with Crippen LogP contribution in [0.2, 0.25) is 0 Å². The van der Waals surface area contributed by atoms with E-state index in [4.69, 9.17) is 9.47 Å². The molecule has 0 radical (unpaired) electrons. The molecule has 2 unspecified atom stereocenters. The van der Waals surface area contributed by atoms with Crippen LogP contribution in [0.4, 0.5) is 0 Å². The van der Waals surface area contributed by atoms with Crippen molar-refractivity contribution >= 4 is 17.4 Å². The molecule has 192 valence electrons. The number of hydrogen-bond donors (Lipinski definition) is 1. The lowest BCUT2D eigenvalue weighted by molar-refractivity contribution is -0.139. The maximum Gasteiger partial charge on any atom is 0.295 e. The van der Waals surface area contributed by atoms with E-state index in [1.54, 1.807) is 11.0 Å². The van der Waals surface area contributed by atoms with Gasteiger partial charge in [0.2, 0.25) is 0 Å². The van der Waals surface area contributed by atoms with Gasteiger partial charge in [0.05, 0.1) is 18.2 Å². The highest BCUT2D eigenvalue weighted by atomic mass is 16.5. The van der Waals surface area contributed by atoms with Crippen LogP contribution in [0.25, 0.3) is 5.76 Å². The van der Waals surface area contributed by atoms with Crippen LogP contribution >= 0.6 is 0 Å². The minimum Gasteiger partial charge on any atom is -0.507 e. The summed E-state index contributed by atoms with van der Waals surface area (Å²) >= 11 is 0. The lowest BCUT2D eigenvalue weighted by Crippen LogP contribution is -2.32. The van der Waals surface area contributed by atoms with Crippen molar-refractivity contribution in [3.05, 3.63) is 64.7 Å². The lowest BCUT2D eigenvalue weighted by Gasteiger charge is -2.26. The molecule has 2 aromatic rings. The predicted octanol–water partition coefficient (Wildman–Crippen LogP) is 4.56. The first-order chi connectivity index (χ1) is 17.3. The van der Waals surface area contributed by atoms with Crippen LogP contribution in [-0.4, -0.2) is 66.5 Å². The molecule has 2 aromatic carbocycles. The molecule has 0 bridgehead atoms. The molecule has 1 fully saturated rings. The van der Waals surface area contributed by atoms with Crippen LogP contribution in [0.1, 0.15) is 55.8 Å². The van der Waals surface area contributed by atoms with Crippen molar-refractivity contribution in [2.45, 2.75) is 51.7 Å². The monoisotopic (exact) mass is 492 g/mol. The summed E-state index contributed by atoms with van der Waals surface area (Å²) in [5.74, 6) is 0.0637. The molecule has 7 nitrogen and oxygen atoms in total. The van der Waals surface area contributed by atoms with Gasteiger partial charge in [-0.2, -0.15) is 0 Å². The molecule has 2 atom stereocenters. The number of unbranched alkanes of at least 4 members (excludes halogenated alkanes) is 1. The molecule has 1 saturated heterocycles. The van der Waals surface area contributed by atoms with Crippen molar-refractivity contribution in [1.29, 1.82) is 0 Å². The molecule has 0 saturated carbocycles. The average Bonchev–Trinajstić information content (AvgIpc) is 3.34. The first-order valence-corrected chi connectivity index (χ1v) is 12.8. The van der Waals surface area contributed by atoms with Crippen LogP contribution < -0.4 is 9.47 Å². The highest BCUT2D eigenvalue weighted by Gasteiger charge is 2.46. The second-order valence-electron chi connectivity index (χ2n) is 9.88. The van der Waals surface area contributed by atoms with Gasteiger partial charge in [-0.05, 0) is 81.9 Å². The predicted molar refractivity (Wildman–Crippen MR) is 139 cm³/mol. The minimum absolute atomic E-state index is 0.0649. The molecule has 1 N–H and O–H groups in total. The highest BCUT2D eigenvalue weighted by molar-refractivity contribution is 6.46. The zero-order valence-electron chi connectivity index (χ0n) is 21.6. The van der Waals surface area contributed by atoms with Crippen molar-refractivity contribution in [3.63, 3.8) is 0 Å². The smallest absolute Gasteiger partial charge is 0.295 e. The number of nitrogens with zero attached hydrogens (tertiary/aromatic N) is 2. The van der Waals surface area contributed by atoms with Crippen molar-refractivity contribution in [2.75, 3.05) is 33.8 Å². The third-order valence-electron chi connectivity index (χ3n) is 6.65. The number of rotatable bonds is 10. The van der Waals surface area contributed by atoms with E-state index in [1.807, 2.05) is 62.3 Å². The molecule has 7 heteroatoms. The maximum absolute atomic E-state index is 13.3. The number of carbonyl (C=O) groups excluding carboxylic acids is 2. The fraction of sp³-hybridized carbons (Fsp3) is 0.448. The number of likely N-dealkylation sites (tertiary alicyclic amines) is 1. The van der Waals surface area contributed by atoms with Crippen LogP contribution in [0, 0.1) is 0 Å². The Bertz CT molecular complexity index is 1160. The second-order valence-corrected chi connectivity index (χ2v) is 9.88. The summed E-state index contributed by atoms with van der Waals surface area (Å²) in [6, 6.07) is 12.2. The van der Waals surface area contributed by atoms with E-state index in [-0.39, 0.29) is 17.4 Å². The fourth-order valence-corrected chi connectivity index (χ4v) is 4.85. The van der Waals surface area contributed by atoms with Gasteiger partial charge in [0.1, 0.15) is 23.4 Å². The number of amides is 1. The summed E-state index contributed by atoms with van der Waals surface area (Å²) in [4.78, 5) is 30.1. The van der Waals surface area contributed by atoms with Gasteiger partial charge in [-0.3, -0.25) is 9.59 Å². The van der Waals surface area contributed by atoms with E-state index in [0.717, 1.165) is 42.7 Å². The standard InChI is InChI=1S/C29H36N2O5/c1-5-6-15-35-23-10-7-9-20(18-23)26-25(28(33)29(34)31(26)14-8-13-30(3)4)27(32)21-11-12-24-22(17-21)16-19(2)36-24/h7,9-12,17-19,26,32H,5-6,8,13-16H2,1-4H3/b27-25+. The van der Waals surface area contributed by atoms with Gasteiger partial charge in [-0.15, -0.1) is 0 Å². The number of aliphatic hydroxyl groups is 1. The summed E-state index contributed by atoms with van der Waals surface area (Å²) in [5.41, 5.74) is 2.35. The van der Waals surface area contributed by atoms with Gasteiger partial charge >= 0.3 is 0 Å². The van der Waals surface area contributed by atoms with Gasteiger partial charge in [0.25, 0.3) is 11.7 Å². The Morgan fingerprint density at radius 1 is 1.17 bits per heavy atom. The van der Waals surface area contributed by atoms with E-state index < -0.39 is 17.7 Å². The number of carbonyl (C=O) groups is 2. The van der Waals surface area contributed by atoms with Crippen molar-refractivity contribution in [2.24, 2.45) is 0 Å². The van der Waals surface area contributed by atoms with E-state index in [2.05, 4.69) is 6.92 Å². The summed E-state index contributed by atoms with van der Waals surface area (Å²) < 4.78 is 11.7. The normalized spacial score (nSPS) is 20.6. The van der Waals surface area contributed by atoms with Gasteiger partial charge in [0, 0.05) is 18.5 Å². The summed E-state index contributed by atoms with van der Waals surface area (Å²) in [6.45, 7) is 5.87. The Morgan fingerprint density at radius 3 is 2.72 bits per heavy atom. The van der Waals surface area contributed by atoms with Crippen molar-refractivity contribution in [3.8, 4) is 11.5 Å². The Balaban J connectivity index is 1.75. The zero-order valence-corrected chi connectivity index (χ0v) is 21.6. The SMILES string of the molecule is CCCCOc1cccc(C2/C(=C(\O)c3ccc4c(c3)CC(C)O4)C(=O)C(=O)N2CCCN(C)C)c1. The van der Waals surface area contributed by atoms with Crippen molar-refractivity contribution in [1.82, 2.24) is 9.80 Å². The van der Waals surface area contributed by atoms with Crippen LogP contribution in [0.5, 0.6) is 11.5 Å². The molecule has 2 aliphatic heterocycles. The number of ether oxygens (including phenoxy) is 2. The highest BCUT2D eigenvalue weighted by Crippen LogP contribution is 2.41. The number of ketones is 1. The number of fused-ring (bicyclic) bond motifs is 1. The number of benzene rings is 2. The zero-order chi connectivity index (χ0) is 25.8. The molecule has 1 amide bonds. The Hall–Kier alpha value is -3.32. The Morgan fingerprint density at radius 2 is 1.97 bits per heavy atom. The number of Topliss-reactive ketones (excluding diaryl/α,β-unsaturated/α-hetero) is 1. The molecule has 36 heavy (non-hydrogen) atoms. The Kier molecular flexibility index (Phi) is 7.99. The number of aliphatic hydroxyl groups excluding tert-OH is 1. The van der Waals surface area contributed by atoms with Crippen LogP contribution in [0.15, 0.2) is 48.0 Å². The van der Waals surface area contributed by atoms with Gasteiger partial charge in [0.15, 0.2) is 0 Å². The first kappa shape index (κ1) is 25.8. The molecule has 2 heterocycles. The molecular weight excluding hydrogens is 456 g/mol. The summed E-state index contributed by atoms with van der Waals surface area (Å²) in [5, 5.41) is 11.4. The second kappa shape index (κ2) is 11.2. The molecule has 0 aromatic heterocycles. The summed E-state index contributed by atoms with van der Waals surface area (Å²) in [6.07, 6.45) is 3.47. The minimum atomic E-state index is -0.690. The van der Waals surface area contributed by atoms with E-state index >= 15 is 0 Å². The molecule has 0 aliphatic carbocycles. The average molecular weight is 493 g/mol. The third-order valence-corrected chi connectivity index (χ3v) is 6.65. The fourth-order valence-electron chi connectivity index (χ4n) is 4.85. The maximum atomic E-state index is 13.3. The first-order valence-electron chi connectivity index (χ1n) is 12.8. The Labute approximate surface area is 213 Å². The number of hydrogen-bond acceptors (Lipinski definition) is 6. The third kappa shape index (κ3) is 5.41. The van der Waals surface area contributed by atoms with Crippen LogP contribution in [0.3, 0.4) is 0 Å². The van der Waals surface area contributed by atoms with Gasteiger partial charge in [-0.25, -0.2) is 0 Å². The topological polar surface area (TPSA) is 79.3 Å². The van der Waals surface area contributed by atoms with Gasteiger partial charge < -0.3 is 24.4 Å². The molecule has 2 aliphatic rings. The molecule has 0 spiro atoms. The van der Waals surface area contributed by atoms with Crippen molar-refractivity contribution < 1.29 is 24.2 Å². The van der Waals surface area contributed by atoms with E-state index in [1.165, 1.54) is 0 Å². The largest absolute Gasteiger partial charge is 0.507 e. The summed E-state index contributed by atoms with van der Waals surface area (Å²) in [7, 11) is 3.95. The van der Waals surface area contributed by atoms with Crippen LogP contribution in [-0.2, 0) is 16.0 Å². The quantitative estimate of drug-likeness (QED) is 0.227. The lowest BCUT2D eigenvalue weighted by atomic mass is 9.94. The van der Waals surface area contributed by atoms with E-state index in [0.29, 0.717) is 30.9 Å². The van der Waals surface area contributed by atoms with E-state index in [9.17, 15) is 14.7 Å². The molecular formula is C29H36N2O5. The van der Waals surface area contributed by atoms with Gasteiger partial charge in [-0.1, -0.05) is 25.5 Å².